The van der Waals surface area contributed by atoms with E-state index in [-0.39, 0.29) is 0 Å². The highest BCUT2D eigenvalue weighted by molar-refractivity contribution is 6.07. The normalized spacial score (nSPS) is 22.1. The molecule has 48 valence electrons. The zero-order chi connectivity index (χ0) is 5.82. The molecule has 0 aromatic carbocycles. The molecule has 1 aliphatic rings. The van der Waals surface area contributed by atoms with E-state index in [1.165, 1.54) is 12.8 Å². The van der Waals surface area contributed by atoms with Crippen LogP contribution in [0.15, 0.2) is 0 Å². The van der Waals surface area contributed by atoms with Crippen LogP contribution in [0.5, 0.6) is 0 Å². The summed E-state index contributed by atoms with van der Waals surface area (Å²) in [6.07, 6.45) is 2.58. The van der Waals surface area contributed by atoms with Crippen LogP contribution in [-0.2, 0) is 4.29 Å². The van der Waals surface area contributed by atoms with Gasteiger partial charge in [-0.15, -0.1) is 0 Å². The summed E-state index contributed by atoms with van der Waals surface area (Å²) in [5.41, 5.74) is 0. The van der Waals surface area contributed by atoms with Crippen LogP contribution in [0, 0.1) is 0 Å². The molecule has 3 heteroatoms. The molecule has 1 heterocycles. The summed E-state index contributed by atoms with van der Waals surface area (Å²) in [6.45, 7) is 2.88. The van der Waals surface area contributed by atoms with Gasteiger partial charge in [0.2, 0.25) is 0 Å². The summed E-state index contributed by atoms with van der Waals surface area (Å²) in [6, 6.07) is 0. The first-order valence-electron chi connectivity index (χ1n) is 2.89. The molecule has 2 nitrogen and oxygen atoms in total. The standard InChI is InChI=1S/C5H10ClNO/c6-8-5-7-3-1-2-4-7/h1-5H2. The average molecular weight is 136 g/mol. The van der Waals surface area contributed by atoms with E-state index in [4.69, 9.17) is 11.9 Å². The van der Waals surface area contributed by atoms with Gasteiger partial charge in [-0.25, -0.2) is 0 Å². The molecule has 1 rings (SSSR count). The summed E-state index contributed by atoms with van der Waals surface area (Å²) in [5, 5.41) is 0. The van der Waals surface area contributed by atoms with Gasteiger partial charge in [0, 0.05) is 13.1 Å². The highest BCUT2D eigenvalue weighted by Gasteiger charge is 2.09. The zero-order valence-corrected chi connectivity index (χ0v) is 5.52. The van der Waals surface area contributed by atoms with Gasteiger partial charge in [0.15, 0.2) is 0 Å². The molecule has 0 unspecified atom stereocenters. The van der Waals surface area contributed by atoms with Crippen molar-refractivity contribution in [1.29, 1.82) is 0 Å². The zero-order valence-electron chi connectivity index (χ0n) is 4.77. The molecule has 1 fully saturated rings. The number of likely N-dealkylation sites (tertiary alicyclic amines) is 1. The molecule has 1 aliphatic heterocycles. The average Bonchev–Trinajstić information content (AvgIpc) is 2.19. The summed E-state index contributed by atoms with van der Waals surface area (Å²) < 4.78 is 4.42. The Labute approximate surface area is 54.5 Å². The van der Waals surface area contributed by atoms with Crippen LogP contribution in [0.2, 0.25) is 0 Å². The van der Waals surface area contributed by atoms with E-state index >= 15 is 0 Å². The number of hydrogen-bond donors (Lipinski definition) is 0. The summed E-state index contributed by atoms with van der Waals surface area (Å²) in [5.74, 6) is 0. The quantitative estimate of drug-likeness (QED) is 0.565. The SMILES string of the molecule is ClOCN1CCCC1. The second-order valence-electron chi connectivity index (χ2n) is 2.06. The Morgan fingerprint density at radius 1 is 1.38 bits per heavy atom. The smallest absolute Gasteiger partial charge is 0.121 e. The summed E-state index contributed by atoms with van der Waals surface area (Å²) in [4.78, 5) is 2.19. The van der Waals surface area contributed by atoms with Gasteiger partial charge in [-0.05, 0) is 12.8 Å². The minimum absolute atomic E-state index is 0.585. The molecular weight excluding hydrogens is 126 g/mol. The van der Waals surface area contributed by atoms with Crippen molar-refractivity contribution in [3.63, 3.8) is 0 Å². The van der Waals surface area contributed by atoms with E-state index < -0.39 is 0 Å². The molecular formula is C5H10ClNO. The Bertz CT molecular complexity index is 63.4. The van der Waals surface area contributed by atoms with Crippen molar-refractivity contribution in [2.45, 2.75) is 12.8 Å². The van der Waals surface area contributed by atoms with E-state index in [0.29, 0.717) is 6.73 Å². The van der Waals surface area contributed by atoms with Crippen LogP contribution in [0.4, 0.5) is 0 Å². The lowest BCUT2D eigenvalue weighted by Crippen LogP contribution is -2.20. The van der Waals surface area contributed by atoms with Crippen molar-refractivity contribution in [3.05, 3.63) is 0 Å². The molecule has 0 aromatic heterocycles. The minimum atomic E-state index is 0.585. The van der Waals surface area contributed by atoms with Gasteiger partial charge in [0.25, 0.3) is 0 Å². The van der Waals surface area contributed by atoms with Crippen molar-refractivity contribution >= 4 is 11.9 Å². The van der Waals surface area contributed by atoms with Crippen molar-refractivity contribution < 1.29 is 4.29 Å². The van der Waals surface area contributed by atoms with E-state index in [1.807, 2.05) is 0 Å². The van der Waals surface area contributed by atoms with Crippen molar-refractivity contribution in [1.82, 2.24) is 4.90 Å². The van der Waals surface area contributed by atoms with Crippen molar-refractivity contribution in [2.75, 3.05) is 19.8 Å². The Morgan fingerprint density at radius 2 is 2.00 bits per heavy atom. The minimum Gasteiger partial charge on any atom is -0.279 e. The third-order valence-electron chi connectivity index (χ3n) is 1.43. The maximum atomic E-state index is 5.04. The highest BCUT2D eigenvalue weighted by Crippen LogP contribution is 2.06. The maximum Gasteiger partial charge on any atom is 0.121 e. The monoisotopic (exact) mass is 135 g/mol. The molecule has 0 radical (unpaired) electrons. The van der Waals surface area contributed by atoms with Gasteiger partial charge in [-0.2, -0.15) is 0 Å². The Balaban J connectivity index is 2.06. The van der Waals surface area contributed by atoms with E-state index in [0.717, 1.165) is 13.1 Å². The van der Waals surface area contributed by atoms with Gasteiger partial charge in [-0.3, -0.25) is 9.19 Å². The molecule has 8 heavy (non-hydrogen) atoms. The first kappa shape index (κ1) is 6.33. The lowest BCUT2D eigenvalue weighted by atomic mass is 10.4. The number of hydrogen-bond acceptors (Lipinski definition) is 2. The first-order chi connectivity index (χ1) is 3.93. The van der Waals surface area contributed by atoms with Gasteiger partial charge >= 0.3 is 0 Å². The number of nitrogens with zero attached hydrogens (tertiary/aromatic N) is 1. The highest BCUT2D eigenvalue weighted by atomic mass is 35.5. The molecule has 1 saturated heterocycles. The Morgan fingerprint density at radius 3 is 2.50 bits per heavy atom. The Kier molecular flexibility index (Phi) is 2.59. The van der Waals surface area contributed by atoms with Crippen LogP contribution >= 0.6 is 11.9 Å². The lowest BCUT2D eigenvalue weighted by molar-refractivity contribution is 0.165. The lowest BCUT2D eigenvalue weighted by Gasteiger charge is -2.09. The van der Waals surface area contributed by atoms with Crippen LogP contribution in [-0.4, -0.2) is 24.7 Å². The molecule has 0 N–H and O–H groups in total. The molecule has 0 amide bonds. The van der Waals surface area contributed by atoms with E-state index in [1.54, 1.807) is 0 Å². The topological polar surface area (TPSA) is 12.5 Å². The van der Waals surface area contributed by atoms with Crippen LogP contribution in [0.3, 0.4) is 0 Å². The Hall–Kier alpha value is 0.210. The fourth-order valence-corrected chi connectivity index (χ4v) is 1.12. The fourth-order valence-electron chi connectivity index (χ4n) is 0.981. The van der Waals surface area contributed by atoms with Gasteiger partial charge in [0.05, 0.1) is 11.9 Å². The fraction of sp³-hybridized carbons (Fsp3) is 1.00. The number of rotatable bonds is 2. The summed E-state index contributed by atoms with van der Waals surface area (Å²) >= 11 is 5.04. The predicted octanol–water partition coefficient (Wildman–Crippen LogP) is 1.21. The molecule has 0 aromatic rings. The van der Waals surface area contributed by atoms with Crippen molar-refractivity contribution in [3.8, 4) is 0 Å². The van der Waals surface area contributed by atoms with E-state index in [2.05, 4.69) is 9.19 Å². The van der Waals surface area contributed by atoms with Crippen LogP contribution < -0.4 is 0 Å². The second-order valence-corrected chi connectivity index (χ2v) is 2.28. The molecule has 0 spiro atoms. The largest absolute Gasteiger partial charge is 0.279 e. The first-order valence-corrected chi connectivity index (χ1v) is 3.20. The predicted molar refractivity (Wildman–Crippen MR) is 32.6 cm³/mol. The molecule has 0 saturated carbocycles. The summed E-state index contributed by atoms with van der Waals surface area (Å²) in [7, 11) is 0. The third-order valence-corrected chi connectivity index (χ3v) is 1.53. The number of halogens is 1. The maximum absolute atomic E-state index is 5.04. The van der Waals surface area contributed by atoms with Gasteiger partial charge in [-0.1, -0.05) is 0 Å². The van der Waals surface area contributed by atoms with Gasteiger partial charge < -0.3 is 0 Å². The molecule has 0 bridgehead atoms. The third kappa shape index (κ3) is 1.62. The van der Waals surface area contributed by atoms with E-state index in [9.17, 15) is 0 Å². The van der Waals surface area contributed by atoms with Crippen LogP contribution in [0.25, 0.3) is 0 Å². The second kappa shape index (κ2) is 3.28. The van der Waals surface area contributed by atoms with Crippen LogP contribution in [0.1, 0.15) is 12.8 Å². The molecule has 0 aliphatic carbocycles. The van der Waals surface area contributed by atoms with Gasteiger partial charge in [0.1, 0.15) is 6.73 Å². The molecule has 0 atom stereocenters. The van der Waals surface area contributed by atoms with Crippen molar-refractivity contribution in [2.24, 2.45) is 0 Å².